The van der Waals surface area contributed by atoms with E-state index in [1.54, 1.807) is 0 Å². The van der Waals surface area contributed by atoms with Crippen LogP contribution in [0.15, 0.2) is 119 Å². The topological polar surface area (TPSA) is 0 Å². The lowest BCUT2D eigenvalue weighted by molar-refractivity contribution is 0.661. The molecule has 6 aromatic rings. The Morgan fingerprint density at radius 2 is 1.14 bits per heavy atom. The molecule has 2 aliphatic rings. The first kappa shape index (κ1) is 20.4. The normalized spacial score (nSPS) is 14.5. The van der Waals surface area contributed by atoms with Crippen LogP contribution in [-0.2, 0) is 5.41 Å². The van der Waals surface area contributed by atoms with Crippen molar-refractivity contribution < 1.29 is 0 Å². The average molecular weight is 477 g/mol. The van der Waals surface area contributed by atoms with Crippen molar-refractivity contribution >= 4 is 33.3 Å². The van der Waals surface area contributed by atoms with Crippen LogP contribution in [0.4, 0.5) is 0 Å². The SMILES string of the molecule is CC1(C)c2cc(-c3ccc4c(c3)Sc3cccc5cccc-4c35)ccc2-c2cc3ccccc3cc21. The van der Waals surface area contributed by atoms with Gasteiger partial charge >= 0.3 is 0 Å². The highest BCUT2D eigenvalue weighted by Crippen LogP contribution is 2.52. The zero-order valence-electron chi connectivity index (χ0n) is 20.3. The van der Waals surface area contributed by atoms with Crippen molar-refractivity contribution in [2.24, 2.45) is 0 Å². The molecule has 6 aromatic carbocycles. The van der Waals surface area contributed by atoms with Gasteiger partial charge in [-0.2, -0.15) is 0 Å². The van der Waals surface area contributed by atoms with E-state index in [0.717, 1.165) is 0 Å². The van der Waals surface area contributed by atoms with E-state index in [0.29, 0.717) is 0 Å². The summed E-state index contributed by atoms with van der Waals surface area (Å²) in [5, 5.41) is 5.33. The monoisotopic (exact) mass is 476 g/mol. The first-order chi connectivity index (χ1) is 17.6. The molecule has 8 rings (SSSR count). The summed E-state index contributed by atoms with van der Waals surface area (Å²) in [5.74, 6) is 0. The molecule has 0 radical (unpaired) electrons. The van der Waals surface area contributed by atoms with Gasteiger partial charge in [-0.15, -0.1) is 0 Å². The van der Waals surface area contributed by atoms with Gasteiger partial charge in [0.25, 0.3) is 0 Å². The molecule has 0 unspecified atom stereocenters. The number of hydrogen-bond acceptors (Lipinski definition) is 1. The minimum atomic E-state index is -0.0255. The van der Waals surface area contributed by atoms with Gasteiger partial charge < -0.3 is 0 Å². The zero-order chi connectivity index (χ0) is 24.0. The Morgan fingerprint density at radius 3 is 1.97 bits per heavy atom. The Kier molecular flexibility index (Phi) is 4.03. The van der Waals surface area contributed by atoms with Crippen molar-refractivity contribution in [2.45, 2.75) is 29.1 Å². The molecule has 0 aromatic heterocycles. The largest absolute Gasteiger partial charge is 0.0888 e. The highest BCUT2D eigenvalue weighted by atomic mass is 32.2. The van der Waals surface area contributed by atoms with Gasteiger partial charge in [0.2, 0.25) is 0 Å². The molecule has 36 heavy (non-hydrogen) atoms. The maximum atomic E-state index is 2.43. The Labute approximate surface area is 215 Å². The third kappa shape index (κ3) is 2.72. The van der Waals surface area contributed by atoms with Crippen LogP contribution in [0.25, 0.3) is 54.9 Å². The molecule has 1 heterocycles. The Hall–Kier alpha value is -3.81. The molecule has 0 amide bonds. The summed E-state index contributed by atoms with van der Waals surface area (Å²) in [6.07, 6.45) is 0. The summed E-state index contributed by atoms with van der Waals surface area (Å²) in [6.45, 7) is 4.74. The molecular weight excluding hydrogens is 452 g/mol. The van der Waals surface area contributed by atoms with Crippen LogP contribution in [0.3, 0.4) is 0 Å². The molecule has 0 saturated heterocycles. The van der Waals surface area contributed by atoms with E-state index in [2.05, 4.69) is 123 Å². The van der Waals surface area contributed by atoms with Crippen LogP contribution in [0, 0.1) is 0 Å². The summed E-state index contributed by atoms with van der Waals surface area (Å²) >= 11 is 1.90. The number of fused-ring (bicyclic) bond motifs is 6. The van der Waals surface area contributed by atoms with Gasteiger partial charge in [0.15, 0.2) is 0 Å². The molecule has 0 nitrogen and oxygen atoms in total. The standard InChI is InChI=1S/C35H24S/c1-35(2)30-19-24(13-15-26(30)29-17-22-7-3-4-8-23(22)18-31(29)35)25-14-16-27-28-11-5-9-21-10-6-12-32(34(21)28)36-33(27)20-25/h3-20H,1-2H3. The molecule has 1 aliphatic carbocycles. The average Bonchev–Trinajstić information content (AvgIpc) is 3.13. The molecule has 0 fully saturated rings. The second kappa shape index (κ2) is 7.12. The molecule has 0 atom stereocenters. The summed E-state index contributed by atoms with van der Waals surface area (Å²) < 4.78 is 0. The predicted octanol–water partition coefficient (Wildman–Crippen LogP) is 10.1. The molecule has 0 N–H and O–H groups in total. The number of hydrogen-bond donors (Lipinski definition) is 0. The van der Waals surface area contributed by atoms with Crippen molar-refractivity contribution in [3.63, 3.8) is 0 Å². The molecule has 0 spiro atoms. The van der Waals surface area contributed by atoms with Gasteiger partial charge in [0.1, 0.15) is 0 Å². The first-order valence-corrected chi connectivity index (χ1v) is 13.4. The fourth-order valence-electron chi connectivity index (χ4n) is 6.34. The molecule has 1 heteroatoms. The van der Waals surface area contributed by atoms with Gasteiger partial charge in [-0.3, -0.25) is 0 Å². The van der Waals surface area contributed by atoms with Gasteiger partial charge in [0.05, 0.1) is 0 Å². The predicted molar refractivity (Wildman–Crippen MR) is 154 cm³/mol. The number of benzene rings is 6. The van der Waals surface area contributed by atoms with Crippen LogP contribution in [0.5, 0.6) is 0 Å². The van der Waals surface area contributed by atoms with Crippen LogP contribution < -0.4 is 0 Å². The van der Waals surface area contributed by atoms with E-state index in [-0.39, 0.29) is 5.41 Å². The van der Waals surface area contributed by atoms with Crippen LogP contribution in [0.2, 0.25) is 0 Å². The fourth-order valence-corrected chi connectivity index (χ4v) is 7.53. The highest BCUT2D eigenvalue weighted by molar-refractivity contribution is 7.99. The van der Waals surface area contributed by atoms with Crippen molar-refractivity contribution in [3.05, 3.63) is 120 Å². The summed E-state index contributed by atoms with van der Waals surface area (Å²) in [7, 11) is 0. The minimum Gasteiger partial charge on any atom is -0.0888 e. The summed E-state index contributed by atoms with van der Waals surface area (Å²) in [6, 6.07) is 40.9. The molecule has 0 saturated carbocycles. The van der Waals surface area contributed by atoms with E-state index in [1.165, 1.54) is 75.8 Å². The van der Waals surface area contributed by atoms with Gasteiger partial charge in [-0.1, -0.05) is 104 Å². The van der Waals surface area contributed by atoms with Crippen LogP contribution in [0.1, 0.15) is 25.0 Å². The maximum absolute atomic E-state index is 2.43. The fraction of sp³-hybridized carbons (Fsp3) is 0.0857. The molecule has 0 bridgehead atoms. The quantitative estimate of drug-likeness (QED) is 0.227. The Bertz CT molecular complexity index is 1880. The van der Waals surface area contributed by atoms with Gasteiger partial charge in [-0.05, 0) is 91.0 Å². The van der Waals surface area contributed by atoms with E-state index in [9.17, 15) is 0 Å². The van der Waals surface area contributed by atoms with Crippen molar-refractivity contribution in [3.8, 4) is 33.4 Å². The lowest BCUT2D eigenvalue weighted by Crippen LogP contribution is -2.15. The summed E-state index contributed by atoms with van der Waals surface area (Å²) in [5.41, 5.74) is 10.8. The van der Waals surface area contributed by atoms with Crippen molar-refractivity contribution in [2.75, 3.05) is 0 Å². The smallest absolute Gasteiger partial charge is 0.0207 e. The molecular formula is C35H24S. The van der Waals surface area contributed by atoms with E-state index >= 15 is 0 Å². The van der Waals surface area contributed by atoms with Gasteiger partial charge in [-0.25, -0.2) is 0 Å². The van der Waals surface area contributed by atoms with Crippen molar-refractivity contribution in [1.82, 2.24) is 0 Å². The first-order valence-electron chi connectivity index (χ1n) is 12.6. The zero-order valence-corrected chi connectivity index (χ0v) is 21.1. The lowest BCUT2D eigenvalue weighted by atomic mass is 9.81. The lowest BCUT2D eigenvalue weighted by Gasteiger charge is -2.23. The third-order valence-corrected chi connectivity index (χ3v) is 9.35. The number of rotatable bonds is 1. The van der Waals surface area contributed by atoms with E-state index in [4.69, 9.17) is 0 Å². The van der Waals surface area contributed by atoms with Crippen molar-refractivity contribution in [1.29, 1.82) is 0 Å². The molecule has 1 aliphatic heterocycles. The van der Waals surface area contributed by atoms with Gasteiger partial charge in [0, 0.05) is 20.6 Å². The minimum absolute atomic E-state index is 0.0255. The summed E-state index contributed by atoms with van der Waals surface area (Å²) in [4.78, 5) is 2.69. The second-order valence-electron chi connectivity index (χ2n) is 10.6. The maximum Gasteiger partial charge on any atom is 0.0207 e. The highest BCUT2D eigenvalue weighted by Gasteiger charge is 2.36. The second-order valence-corrected chi connectivity index (χ2v) is 11.7. The van der Waals surface area contributed by atoms with E-state index < -0.39 is 0 Å². The van der Waals surface area contributed by atoms with E-state index in [1.807, 2.05) is 11.8 Å². The Balaban J connectivity index is 1.27. The Morgan fingerprint density at radius 1 is 0.472 bits per heavy atom. The third-order valence-electron chi connectivity index (χ3n) is 8.23. The van der Waals surface area contributed by atoms with Crippen LogP contribution >= 0.6 is 11.8 Å². The van der Waals surface area contributed by atoms with Crippen LogP contribution in [-0.4, -0.2) is 0 Å². The molecule has 170 valence electrons.